The summed E-state index contributed by atoms with van der Waals surface area (Å²) >= 11 is 3.40. The van der Waals surface area contributed by atoms with Gasteiger partial charge >= 0.3 is 11.8 Å². The van der Waals surface area contributed by atoms with Crippen molar-refractivity contribution in [2.24, 2.45) is 0 Å². The molecule has 13 heteroatoms. The van der Waals surface area contributed by atoms with Crippen molar-refractivity contribution in [3.63, 3.8) is 0 Å². The summed E-state index contributed by atoms with van der Waals surface area (Å²) in [4.78, 5) is 28.6. The molecule has 1 aliphatic rings. The van der Waals surface area contributed by atoms with Crippen LogP contribution in [-0.4, -0.2) is 60.8 Å². The molecule has 1 fully saturated rings. The van der Waals surface area contributed by atoms with Gasteiger partial charge in [-0.15, -0.1) is 0 Å². The Labute approximate surface area is 258 Å². The molecule has 0 aliphatic carbocycles. The number of nitrogens with one attached hydrogen (secondary N) is 1. The zero-order chi connectivity index (χ0) is 31.9. The smallest absolute Gasteiger partial charge is 0.410 e. The largest absolute Gasteiger partial charge is 0.465 e. The molecule has 0 unspecified atom stereocenters. The van der Waals surface area contributed by atoms with Crippen molar-refractivity contribution in [1.29, 1.82) is 0 Å². The van der Waals surface area contributed by atoms with E-state index in [1.165, 1.54) is 12.3 Å². The van der Waals surface area contributed by atoms with Gasteiger partial charge < -0.3 is 18.7 Å². The highest BCUT2D eigenvalue weighted by Gasteiger charge is 2.69. The number of alkyl halides is 2. The number of carbonyl (C=O) groups is 1. The van der Waals surface area contributed by atoms with Crippen LogP contribution in [0.4, 0.5) is 15.0 Å². The van der Waals surface area contributed by atoms with Gasteiger partial charge in [-0.3, -0.25) is 9.88 Å². The van der Waals surface area contributed by atoms with Gasteiger partial charge in [-0.25, -0.2) is 14.0 Å². The van der Waals surface area contributed by atoms with Crippen molar-refractivity contribution in [1.82, 2.24) is 9.55 Å². The molecule has 1 amide bonds. The van der Waals surface area contributed by atoms with Crippen molar-refractivity contribution in [2.45, 2.75) is 107 Å². The minimum absolute atomic E-state index is 0.0448. The first-order chi connectivity index (χ1) is 19.0. The molecule has 0 radical (unpaired) electrons. The van der Waals surface area contributed by atoms with Crippen LogP contribution in [-0.2, 0) is 25.7 Å². The van der Waals surface area contributed by atoms with Crippen molar-refractivity contribution in [3.8, 4) is 0 Å². The van der Waals surface area contributed by atoms with Crippen LogP contribution in [0.2, 0.25) is 36.3 Å². The van der Waals surface area contributed by atoms with E-state index in [1.54, 1.807) is 0 Å². The molecule has 0 spiro atoms. The summed E-state index contributed by atoms with van der Waals surface area (Å²) in [6.45, 7) is 21.0. The maximum atomic E-state index is 17.8. The van der Waals surface area contributed by atoms with E-state index in [4.69, 9.17) is 18.7 Å². The lowest BCUT2D eigenvalue weighted by atomic mass is 9.95. The monoisotopic (exact) mass is 685 g/mol. The van der Waals surface area contributed by atoms with E-state index in [-0.39, 0.29) is 28.9 Å². The van der Waals surface area contributed by atoms with Crippen molar-refractivity contribution in [3.05, 3.63) is 58.6 Å². The Hall–Kier alpha value is -1.91. The number of halogens is 2. The lowest BCUT2D eigenvalue weighted by Crippen LogP contribution is -2.58. The minimum Gasteiger partial charge on any atom is -0.465 e. The SMILES string of the molecule is CC(C)(C)[Si](C)(C)OC[C@H]1O[C@@](Cc2ccccc2)(n2ccc(NC(=O)O)nc2=O)[C@](F)(Br)[C@@H]1O[Si](C)(C)C(C)(C)C. The fourth-order valence-electron chi connectivity index (χ4n) is 4.31. The second-order valence-electron chi connectivity index (χ2n) is 14.0. The summed E-state index contributed by atoms with van der Waals surface area (Å²) in [6.07, 6.45) is -2.14. The van der Waals surface area contributed by atoms with Crippen LogP contribution in [0.25, 0.3) is 0 Å². The van der Waals surface area contributed by atoms with E-state index in [0.717, 1.165) is 10.1 Å². The quantitative estimate of drug-likeness (QED) is 0.214. The maximum absolute atomic E-state index is 17.8. The number of ether oxygens (including phenoxy) is 1. The van der Waals surface area contributed by atoms with Crippen molar-refractivity contribution >= 4 is 44.5 Å². The molecule has 2 N–H and O–H groups in total. The number of amides is 1. The van der Waals surface area contributed by atoms with E-state index in [9.17, 15) is 9.59 Å². The number of anilines is 1. The van der Waals surface area contributed by atoms with Crippen LogP contribution >= 0.6 is 15.9 Å². The summed E-state index contributed by atoms with van der Waals surface area (Å²) < 4.78 is 36.5. The van der Waals surface area contributed by atoms with Gasteiger partial charge in [-0.05, 0) is 63.8 Å². The van der Waals surface area contributed by atoms with Crippen LogP contribution in [0.15, 0.2) is 47.4 Å². The molecule has 4 atom stereocenters. The van der Waals surface area contributed by atoms with E-state index in [0.29, 0.717) is 0 Å². The van der Waals surface area contributed by atoms with Crippen LogP contribution in [0.3, 0.4) is 0 Å². The Morgan fingerprint density at radius 2 is 1.67 bits per heavy atom. The molecule has 3 rings (SSSR count). The van der Waals surface area contributed by atoms with E-state index >= 15 is 4.39 Å². The molecule has 2 heterocycles. The van der Waals surface area contributed by atoms with Gasteiger partial charge in [0.2, 0.25) is 4.58 Å². The van der Waals surface area contributed by atoms with Gasteiger partial charge in [0.15, 0.2) is 22.4 Å². The second-order valence-corrected chi connectivity index (χ2v) is 24.7. The molecule has 1 aromatic heterocycles. The summed E-state index contributed by atoms with van der Waals surface area (Å²) in [5, 5.41) is 10.8. The first-order valence-electron chi connectivity index (χ1n) is 14.1. The lowest BCUT2D eigenvalue weighted by Gasteiger charge is -2.43. The average Bonchev–Trinajstić information content (AvgIpc) is 3.03. The molecule has 234 valence electrons. The van der Waals surface area contributed by atoms with E-state index < -0.39 is 50.9 Å². The third-order valence-electron chi connectivity index (χ3n) is 8.92. The van der Waals surface area contributed by atoms with Crippen LogP contribution in [0.5, 0.6) is 0 Å². The molecular weight excluding hydrogens is 641 g/mol. The predicted molar refractivity (Wildman–Crippen MR) is 171 cm³/mol. The molecule has 1 saturated heterocycles. The van der Waals surface area contributed by atoms with Crippen LogP contribution in [0, 0.1) is 0 Å². The number of nitrogens with zero attached hydrogens (tertiary/aromatic N) is 2. The molecule has 9 nitrogen and oxygen atoms in total. The Bertz CT molecular complexity index is 1330. The Balaban J connectivity index is 2.23. The highest BCUT2D eigenvalue weighted by molar-refractivity contribution is 9.10. The Morgan fingerprint density at radius 3 is 2.17 bits per heavy atom. The molecule has 2 aromatic rings. The van der Waals surface area contributed by atoms with Gasteiger partial charge in [0.05, 0.1) is 6.61 Å². The fraction of sp³-hybridized carbons (Fsp3) is 0.621. The third kappa shape index (κ3) is 6.91. The first kappa shape index (κ1) is 34.6. The van der Waals surface area contributed by atoms with Gasteiger partial charge in [0.1, 0.15) is 18.0 Å². The van der Waals surface area contributed by atoms with Gasteiger partial charge in [-0.1, -0.05) is 71.9 Å². The average molecular weight is 687 g/mol. The number of carboxylic acid groups (broad SMARTS) is 1. The van der Waals surface area contributed by atoms with E-state index in [1.807, 2.05) is 43.4 Å². The zero-order valence-electron chi connectivity index (χ0n) is 26.2. The van der Waals surface area contributed by atoms with Gasteiger partial charge in [-0.2, -0.15) is 4.98 Å². The molecule has 1 aromatic carbocycles. The van der Waals surface area contributed by atoms with Crippen LogP contribution < -0.4 is 11.0 Å². The number of benzene rings is 1. The first-order valence-corrected chi connectivity index (χ1v) is 20.7. The number of aromatic nitrogens is 2. The maximum Gasteiger partial charge on any atom is 0.410 e. The lowest BCUT2D eigenvalue weighted by molar-refractivity contribution is -0.140. The highest BCUT2D eigenvalue weighted by atomic mass is 79.9. The van der Waals surface area contributed by atoms with Crippen LogP contribution in [0.1, 0.15) is 47.1 Å². The number of hydrogen-bond donors (Lipinski definition) is 2. The normalized spacial score (nSPS) is 25.4. The standard InChI is InChI=1S/C29H45BrFN3O6Si2/c1-26(2,3)41(7,8)38-19-21-23(40-42(9,10)27(4,5)6)29(30,31)28(39-21,18-20-14-12-11-13-15-20)34-17-16-22(32-24(34)35)33-25(36)37/h11-17,21,23H,18-19H2,1-10H3,(H,36,37)(H,32,33,35)/t21-,23-,28-,29+/m1/s1. The second kappa shape index (κ2) is 11.9. The Morgan fingerprint density at radius 1 is 1.10 bits per heavy atom. The van der Waals surface area contributed by atoms with Gasteiger partial charge in [0.25, 0.3) is 0 Å². The fourth-order valence-corrected chi connectivity index (χ4v) is 7.61. The topological polar surface area (TPSA) is 112 Å². The predicted octanol–water partition coefficient (Wildman–Crippen LogP) is 7.10. The Kier molecular flexibility index (Phi) is 9.78. The molecular formula is C29H45BrFN3O6Si2. The van der Waals surface area contributed by atoms with Crippen molar-refractivity contribution in [2.75, 3.05) is 11.9 Å². The highest BCUT2D eigenvalue weighted by Crippen LogP contribution is 2.55. The zero-order valence-corrected chi connectivity index (χ0v) is 29.8. The number of hydrogen-bond acceptors (Lipinski definition) is 6. The summed E-state index contributed by atoms with van der Waals surface area (Å²) in [5.41, 5.74) is -2.11. The third-order valence-corrected chi connectivity index (χ3v) is 18.9. The van der Waals surface area contributed by atoms with Crippen molar-refractivity contribution < 1.29 is 27.9 Å². The number of rotatable bonds is 9. The molecule has 1 aliphatic heterocycles. The summed E-state index contributed by atoms with van der Waals surface area (Å²) in [7, 11) is -4.87. The molecule has 42 heavy (non-hydrogen) atoms. The van der Waals surface area contributed by atoms with Gasteiger partial charge in [0, 0.05) is 12.6 Å². The summed E-state index contributed by atoms with van der Waals surface area (Å²) in [5.74, 6) is -0.178. The molecule has 0 saturated carbocycles. The minimum atomic E-state index is -2.58. The van der Waals surface area contributed by atoms with E-state index in [2.05, 4.69) is 80.9 Å². The summed E-state index contributed by atoms with van der Waals surface area (Å²) in [6, 6.07) is 10.5. The molecule has 0 bridgehead atoms.